The van der Waals surface area contributed by atoms with Crippen molar-refractivity contribution in [3.05, 3.63) is 29.8 Å². The standard InChI is InChI=1S/C19H30N2O/c1-15-13-21(14-16(2)22-15)19-10-8-17(9-11-19)12-20-18-6-4-3-5-7-18/h8-11,15-16,18,20H,3-7,12-14H2,1-2H3. The van der Waals surface area contributed by atoms with Gasteiger partial charge in [-0.15, -0.1) is 0 Å². The third kappa shape index (κ3) is 4.23. The monoisotopic (exact) mass is 302 g/mol. The Labute approximate surface area is 135 Å². The summed E-state index contributed by atoms with van der Waals surface area (Å²) in [6.45, 7) is 7.30. The number of hydrogen-bond acceptors (Lipinski definition) is 3. The van der Waals surface area contributed by atoms with Crippen LogP contribution in [0.2, 0.25) is 0 Å². The number of nitrogens with one attached hydrogen (secondary N) is 1. The Morgan fingerprint density at radius 1 is 1.00 bits per heavy atom. The molecule has 1 aliphatic carbocycles. The minimum absolute atomic E-state index is 0.316. The smallest absolute Gasteiger partial charge is 0.0726 e. The summed E-state index contributed by atoms with van der Waals surface area (Å²) in [5.74, 6) is 0. The van der Waals surface area contributed by atoms with Crippen molar-refractivity contribution in [3.8, 4) is 0 Å². The Morgan fingerprint density at radius 2 is 1.64 bits per heavy atom. The predicted octanol–water partition coefficient (Wildman–Crippen LogP) is 3.72. The van der Waals surface area contributed by atoms with Gasteiger partial charge in [-0.1, -0.05) is 31.4 Å². The van der Waals surface area contributed by atoms with E-state index < -0.39 is 0 Å². The number of anilines is 1. The van der Waals surface area contributed by atoms with Crippen molar-refractivity contribution >= 4 is 5.69 Å². The second kappa shape index (κ2) is 7.47. The van der Waals surface area contributed by atoms with Gasteiger partial charge in [-0.3, -0.25) is 0 Å². The van der Waals surface area contributed by atoms with Gasteiger partial charge in [0.1, 0.15) is 0 Å². The van der Waals surface area contributed by atoms with E-state index >= 15 is 0 Å². The van der Waals surface area contributed by atoms with E-state index in [9.17, 15) is 0 Å². The molecule has 0 spiro atoms. The van der Waals surface area contributed by atoms with E-state index in [0.717, 1.165) is 25.7 Å². The molecule has 22 heavy (non-hydrogen) atoms. The molecule has 2 atom stereocenters. The van der Waals surface area contributed by atoms with Gasteiger partial charge in [-0.25, -0.2) is 0 Å². The molecule has 1 saturated carbocycles. The Balaban J connectivity index is 1.53. The van der Waals surface area contributed by atoms with Gasteiger partial charge in [0.05, 0.1) is 12.2 Å². The maximum absolute atomic E-state index is 5.82. The molecule has 0 aromatic heterocycles. The first-order valence-electron chi connectivity index (χ1n) is 8.93. The number of benzene rings is 1. The summed E-state index contributed by atoms with van der Waals surface area (Å²) in [5, 5.41) is 3.72. The maximum atomic E-state index is 5.82. The summed E-state index contributed by atoms with van der Waals surface area (Å²) < 4.78 is 5.82. The summed E-state index contributed by atoms with van der Waals surface area (Å²) in [6.07, 6.45) is 7.54. The molecule has 1 aromatic carbocycles. The van der Waals surface area contributed by atoms with E-state index in [1.165, 1.54) is 43.4 Å². The van der Waals surface area contributed by atoms with E-state index in [1.807, 2.05) is 0 Å². The summed E-state index contributed by atoms with van der Waals surface area (Å²) in [7, 11) is 0. The van der Waals surface area contributed by atoms with Gasteiger partial charge in [0.2, 0.25) is 0 Å². The van der Waals surface area contributed by atoms with Crippen LogP contribution < -0.4 is 10.2 Å². The van der Waals surface area contributed by atoms with Crippen molar-refractivity contribution < 1.29 is 4.74 Å². The lowest BCUT2D eigenvalue weighted by Gasteiger charge is -2.37. The fourth-order valence-electron chi connectivity index (χ4n) is 3.78. The summed E-state index contributed by atoms with van der Waals surface area (Å²) in [6, 6.07) is 9.81. The number of morpholine rings is 1. The van der Waals surface area contributed by atoms with E-state index in [2.05, 4.69) is 48.3 Å². The molecule has 1 aromatic rings. The molecule has 122 valence electrons. The second-order valence-electron chi connectivity index (χ2n) is 7.04. The summed E-state index contributed by atoms with van der Waals surface area (Å²) >= 11 is 0. The lowest BCUT2D eigenvalue weighted by molar-refractivity contribution is -0.00521. The van der Waals surface area contributed by atoms with Crippen LogP contribution in [0.5, 0.6) is 0 Å². The molecule has 0 amide bonds. The Morgan fingerprint density at radius 3 is 2.27 bits per heavy atom. The summed E-state index contributed by atoms with van der Waals surface area (Å²) in [5.41, 5.74) is 2.71. The van der Waals surface area contributed by atoms with E-state index in [0.29, 0.717) is 12.2 Å². The van der Waals surface area contributed by atoms with Crippen molar-refractivity contribution in [1.82, 2.24) is 5.32 Å². The number of rotatable bonds is 4. The van der Waals surface area contributed by atoms with Gasteiger partial charge >= 0.3 is 0 Å². The molecule has 3 rings (SSSR count). The maximum Gasteiger partial charge on any atom is 0.0726 e. The third-order valence-electron chi connectivity index (χ3n) is 4.92. The zero-order valence-corrected chi connectivity index (χ0v) is 14.1. The summed E-state index contributed by atoms with van der Waals surface area (Å²) in [4.78, 5) is 2.44. The van der Waals surface area contributed by atoms with Gasteiger partial charge < -0.3 is 15.0 Å². The zero-order chi connectivity index (χ0) is 15.4. The second-order valence-corrected chi connectivity index (χ2v) is 7.04. The number of nitrogens with zero attached hydrogens (tertiary/aromatic N) is 1. The quantitative estimate of drug-likeness (QED) is 0.917. The fourth-order valence-corrected chi connectivity index (χ4v) is 3.78. The topological polar surface area (TPSA) is 24.5 Å². The average Bonchev–Trinajstić information content (AvgIpc) is 2.53. The zero-order valence-electron chi connectivity index (χ0n) is 14.1. The minimum Gasteiger partial charge on any atom is -0.372 e. The van der Waals surface area contributed by atoms with Gasteiger partial charge in [0.15, 0.2) is 0 Å². The fraction of sp³-hybridized carbons (Fsp3) is 0.684. The van der Waals surface area contributed by atoms with Crippen LogP contribution in [0.1, 0.15) is 51.5 Å². The van der Waals surface area contributed by atoms with Crippen molar-refractivity contribution in [2.45, 2.75) is 70.7 Å². The molecule has 1 saturated heterocycles. The SMILES string of the molecule is CC1CN(c2ccc(CNC3CCCCC3)cc2)CC(C)O1. The first-order chi connectivity index (χ1) is 10.7. The van der Waals surface area contributed by atoms with Gasteiger partial charge in [0.25, 0.3) is 0 Å². The first kappa shape index (κ1) is 15.8. The van der Waals surface area contributed by atoms with E-state index in [4.69, 9.17) is 4.74 Å². The Hall–Kier alpha value is -1.06. The van der Waals surface area contributed by atoms with Crippen molar-refractivity contribution in [1.29, 1.82) is 0 Å². The Bertz CT molecular complexity index is 443. The average molecular weight is 302 g/mol. The van der Waals surface area contributed by atoms with Crippen LogP contribution >= 0.6 is 0 Å². The highest BCUT2D eigenvalue weighted by Crippen LogP contribution is 2.21. The molecule has 2 aliphatic rings. The van der Waals surface area contributed by atoms with Crippen molar-refractivity contribution in [3.63, 3.8) is 0 Å². The van der Waals surface area contributed by atoms with Crippen LogP contribution in [0.15, 0.2) is 24.3 Å². The van der Waals surface area contributed by atoms with Crippen LogP contribution in [0.3, 0.4) is 0 Å². The largest absolute Gasteiger partial charge is 0.372 e. The number of ether oxygens (including phenoxy) is 1. The highest BCUT2D eigenvalue weighted by Gasteiger charge is 2.22. The van der Waals surface area contributed by atoms with Gasteiger partial charge in [-0.2, -0.15) is 0 Å². The lowest BCUT2D eigenvalue weighted by atomic mass is 9.95. The van der Waals surface area contributed by atoms with Gasteiger partial charge in [-0.05, 0) is 44.4 Å². The normalized spacial score (nSPS) is 27.1. The molecule has 0 radical (unpaired) electrons. The first-order valence-corrected chi connectivity index (χ1v) is 8.93. The van der Waals surface area contributed by atoms with Gasteiger partial charge in [0, 0.05) is 31.4 Å². The highest BCUT2D eigenvalue weighted by molar-refractivity contribution is 5.48. The van der Waals surface area contributed by atoms with Crippen LogP contribution in [0, 0.1) is 0 Å². The highest BCUT2D eigenvalue weighted by atomic mass is 16.5. The molecule has 1 heterocycles. The molecule has 2 unspecified atom stereocenters. The molecular weight excluding hydrogens is 272 g/mol. The molecule has 3 heteroatoms. The van der Waals surface area contributed by atoms with Crippen molar-refractivity contribution in [2.75, 3.05) is 18.0 Å². The van der Waals surface area contributed by atoms with Crippen LogP contribution in [-0.2, 0) is 11.3 Å². The lowest BCUT2D eigenvalue weighted by Crippen LogP contribution is -2.45. The van der Waals surface area contributed by atoms with Crippen LogP contribution in [0.25, 0.3) is 0 Å². The van der Waals surface area contributed by atoms with Crippen molar-refractivity contribution in [2.24, 2.45) is 0 Å². The molecule has 0 bridgehead atoms. The molecule has 3 nitrogen and oxygen atoms in total. The molecular formula is C19H30N2O. The van der Waals surface area contributed by atoms with E-state index in [-0.39, 0.29) is 0 Å². The molecule has 1 N–H and O–H groups in total. The Kier molecular flexibility index (Phi) is 5.37. The van der Waals surface area contributed by atoms with E-state index in [1.54, 1.807) is 0 Å². The molecule has 1 aliphatic heterocycles. The third-order valence-corrected chi connectivity index (χ3v) is 4.92. The number of hydrogen-bond donors (Lipinski definition) is 1. The van der Waals surface area contributed by atoms with Crippen LogP contribution in [0.4, 0.5) is 5.69 Å². The van der Waals surface area contributed by atoms with Crippen LogP contribution in [-0.4, -0.2) is 31.3 Å². The minimum atomic E-state index is 0.316. The molecule has 2 fully saturated rings. The predicted molar refractivity (Wildman–Crippen MR) is 92.4 cm³/mol.